The normalized spacial score (nSPS) is 10.1. The number of benzene rings is 1. The first-order chi connectivity index (χ1) is 10.0. The molecule has 2 aromatic rings. The Morgan fingerprint density at radius 1 is 1.38 bits per heavy atom. The number of phenols is 1. The highest BCUT2D eigenvalue weighted by Crippen LogP contribution is 2.32. The quantitative estimate of drug-likeness (QED) is 0.844. The first kappa shape index (κ1) is 15.4. The van der Waals surface area contributed by atoms with Crippen LogP contribution >= 0.6 is 23.1 Å². The highest BCUT2D eigenvalue weighted by Gasteiger charge is 2.14. The van der Waals surface area contributed by atoms with Gasteiger partial charge in [0.05, 0.1) is 11.3 Å². The van der Waals surface area contributed by atoms with Gasteiger partial charge in [0.1, 0.15) is 16.8 Å². The van der Waals surface area contributed by atoms with Gasteiger partial charge in [0, 0.05) is 9.77 Å². The average molecular weight is 318 g/mol. The van der Waals surface area contributed by atoms with Crippen LogP contribution in [-0.2, 0) is 4.79 Å². The lowest BCUT2D eigenvalue weighted by Gasteiger charge is -2.04. The van der Waals surface area contributed by atoms with Gasteiger partial charge < -0.3 is 10.4 Å². The molecule has 0 aliphatic rings. The molecule has 0 radical (unpaired) electrons. The van der Waals surface area contributed by atoms with E-state index in [9.17, 15) is 9.90 Å². The summed E-state index contributed by atoms with van der Waals surface area (Å²) in [4.78, 5) is 13.9. The number of hydrogen-bond acceptors (Lipinski definition) is 5. The summed E-state index contributed by atoms with van der Waals surface area (Å²) in [5.41, 5.74) is 1.46. The molecule has 0 saturated carbocycles. The minimum atomic E-state index is -0.147. The third kappa shape index (κ3) is 3.78. The first-order valence-electron chi connectivity index (χ1n) is 6.23. The molecule has 1 amide bonds. The predicted molar refractivity (Wildman–Crippen MR) is 86.0 cm³/mol. The standard InChI is InChI=1S/C15H14N2O2S2/c1-9-10(2)21-15(13(9)7-16)17-14(19)8-20-12-5-3-11(18)4-6-12/h3-6,18H,8H2,1-2H3,(H,17,19). The van der Waals surface area contributed by atoms with E-state index in [2.05, 4.69) is 11.4 Å². The van der Waals surface area contributed by atoms with Crippen LogP contribution in [0.25, 0.3) is 0 Å². The fourth-order valence-electron chi connectivity index (χ4n) is 1.70. The van der Waals surface area contributed by atoms with Crippen LogP contribution in [0.1, 0.15) is 16.0 Å². The maximum Gasteiger partial charge on any atom is 0.235 e. The number of hydrogen-bond donors (Lipinski definition) is 2. The molecule has 0 bridgehead atoms. The van der Waals surface area contributed by atoms with E-state index in [-0.39, 0.29) is 17.4 Å². The van der Waals surface area contributed by atoms with Gasteiger partial charge >= 0.3 is 0 Å². The van der Waals surface area contributed by atoms with Crippen LogP contribution in [-0.4, -0.2) is 16.8 Å². The molecule has 0 aliphatic heterocycles. The molecule has 2 N–H and O–H groups in total. The summed E-state index contributed by atoms with van der Waals surface area (Å²) in [7, 11) is 0. The van der Waals surface area contributed by atoms with Gasteiger partial charge in [-0.2, -0.15) is 5.26 Å². The SMILES string of the molecule is Cc1sc(NC(=O)CSc2ccc(O)cc2)c(C#N)c1C. The number of aromatic hydroxyl groups is 1. The number of rotatable bonds is 4. The summed E-state index contributed by atoms with van der Waals surface area (Å²) < 4.78 is 0. The molecule has 1 aromatic carbocycles. The molecule has 2 rings (SSSR count). The van der Waals surface area contributed by atoms with Crippen molar-refractivity contribution < 1.29 is 9.90 Å². The minimum Gasteiger partial charge on any atom is -0.508 e. The largest absolute Gasteiger partial charge is 0.508 e. The summed E-state index contributed by atoms with van der Waals surface area (Å²) in [6.07, 6.45) is 0. The Balaban J connectivity index is 1.98. The molecular weight excluding hydrogens is 304 g/mol. The lowest BCUT2D eigenvalue weighted by molar-refractivity contribution is -0.113. The molecule has 0 unspecified atom stereocenters. The van der Waals surface area contributed by atoms with Gasteiger partial charge in [-0.25, -0.2) is 0 Å². The molecule has 0 aliphatic carbocycles. The van der Waals surface area contributed by atoms with E-state index < -0.39 is 0 Å². The number of nitrogens with one attached hydrogen (secondary N) is 1. The lowest BCUT2D eigenvalue weighted by atomic mass is 10.2. The third-order valence-electron chi connectivity index (χ3n) is 2.96. The zero-order valence-electron chi connectivity index (χ0n) is 11.6. The molecule has 0 atom stereocenters. The van der Waals surface area contributed by atoms with Gasteiger partial charge in [-0.3, -0.25) is 4.79 Å². The Morgan fingerprint density at radius 3 is 2.67 bits per heavy atom. The molecule has 0 spiro atoms. The molecule has 1 heterocycles. The van der Waals surface area contributed by atoms with Gasteiger partial charge in [-0.15, -0.1) is 23.1 Å². The maximum absolute atomic E-state index is 12.0. The average Bonchev–Trinajstić information content (AvgIpc) is 2.72. The van der Waals surface area contributed by atoms with Gasteiger partial charge in [0.2, 0.25) is 5.91 Å². The van der Waals surface area contributed by atoms with Crippen LogP contribution in [0, 0.1) is 25.2 Å². The maximum atomic E-state index is 12.0. The lowest BCUT2D eigenvalue weighted by Crippen LogP contribution is -2.13. The highest BCUT2D eigenvalue weighted by atomic mass is 32.2. The van der Waals surface area contributed by atoms with Crippen LogP contribution in [0.3, 0.4) is 0 Å². The summed E-state index contributed by atoms with van der Waals surface area (Å²) in [6.45, 7) is 3.81. The van der Waals surface area contributed by atoms with Gasteiger partial charge in [0.15, 0.2) is 0 Å². The zero-order valence-corrected chi connectivity index (χ0v) is 13.3. The second kappa shape index (κ2) is 6.66. The van der Waals surface area contributed by atoms with Gasteiger partial charge in [0.25, 0.3) is 0 Å². The van der Waals surface area contributed by atoms with E-state index in [1.54, 1.807) is 24.3 Å². The molecule has 0 fully saturated rings. The Bertz CT molecular complexity index is 700. The molecule has 21 heavy (non-hydrogen) atoms. The molecule has 4 nitrogen and oxygen atoms in total. The Morgan fingerprint density at radius 2 is 2.05 bits per heavy atom. The van der Waals surface area contributed by atoms with E-state index in [0.717, 1.165) is 15.3 Å². The minimum absolute atomic E-state index is 0.147. The monoisotopic (exact) mass is 318 g/mol. The van der Waals surface area contributed by atoms with Crippen molar-refractivity contribution in [2.75, 3.05) is 11.1 Å². The Labute approximate surface area is 131 Å². The van der Waals surface area contributed by atoms with E-state index in [4.69, 9.17) is 5.26 Å². The van der Waals surface area contributed by atoms with Crippen LogP contribution in [0.15, 0.2) is 29.2 Å². The van der Waals surface area contributed by atoms with Gasteiger partial charge in [-0.05, 0) is 43.7 Å². The summed E-state index contributed by atoms with van der Waals surface area (Å²) in [6, 6.07) is 8.81. The number of nitrogens with zero attached hydrogens (tertiary/aromatic N) is 1. The van der Waals surface area contributed by atoms with Crippen molar-refractivity contribution >= 4 is 34.0 Å². The van der Waals surface area contributed by atoms with Crippen molar-refractivity contribution in [1.82, 2.24) is 0 Å². The second-order valence-corrected chi connectivity index (χ2v) is 6.70. The number of phenolic OH excluding ortho intramolecular Hbond substituents is 1. The fourth-order valence-corrected chi connectivity index (χ4v) is 3.43. The topological polar surface area (TPSA) is 73.1 Å². The van der Waals surface area contributed by atoms with Crippen molar-refractivity contribution in [3.05, 3.63) is 40.3 Å². The third-order valence-corrected chi connectivity index (χ3v) is 5.09. The number of carbonyl (C=O) groups excluding carboxylic acids is 1. The van der Waals surface area contributed by atoms with Crippen molar-refractivity contribution in [3.63, 3.8) is 0 Å². The molecular formula is C15H14N2O2S2. The van der Waals surface area contributed by atoms with E-state index >= 15 is 0 Å². The fraction of sp³-hybridized carbons (Fsp3) is 0.200. The van der Waals surface area contributed by atoms with Gasteiger partial charge in [-0.1, -0.05) is 0 Å². The van der Waals surface area contributed by atoms with Crippen molar-refractivity contribution in [3.8, 4) is 11.8 Å². The summed E-state index contributed by atoms with van der Waals surface area (Å²) >= 11 is 2.80. The van der Waals surface area contributed by atoms with E-state index in [0.29, 0.717) is 10.6 Å². The number of thioether (sulfide) groups is 1. The number of carbonyl (C=O) groups is 1. The van der Waals surface area contributed by atoms with Crippen LogP contribution in [0.5, 0.6) is 5.75 Å². The number of anilines is 1. The highest BCUT2D eigenvalue weighted by molar-refractivity contribution is 8.00. The summed E-state index contributed by atoms with van der Waals surface area (Å²) in [5.74, 6) is 0.309. The smallest absolute Gasteiger partial charge is 0.235 e. The Kier molecular flexibility index (Phi) is 4.89. The number of nitriles is 1. The molecule has 6 heteroatoms. The predicted octanol–water partition coefficient (Wildman–Crippen LogP) is 3.67. The van der Waals surface area contributed by atoms with Crippen LogP contribution < -0.4 is 5.32 Å². The summed E-state index contributed by atoms with van der Waals surface area (Å²) in [5, 5.41) is 21.7. The first-order valence-corrected chi connectivity index (χ1v) is 8.03. The van der Waals surface area contributed by atoms with E-state index in [1.807, 2.05) is 13.8 Å². The van der Waals surface area contributed by atoms with Crippen molar-refractivity contribution in [1.29, 1.82) is 5.26 Å². The number of thiophene rings is 1. The van der Waals surface area contributed by atoms with Crippen LogP contribution in [0.4, 0.5) is 5.00 Å². The molecule has 0 saturated heterocycles. The van der Waals surface area contributed by atoms with Crippen LogP contribution in [0.2, 0.25) is 0 Å². The molecule has 108 valence electrons. The number of aryl methyl sites for hydroxylation is 1. The number of amides is 1. The Hall–Kier alpha value is -1.97. The van der Waals surface area contributed by atoms with Crippen molar-refractivity contribution in [2.45, 2.75) is 18.7 Å². The van der Waals surface area contributed by atoms with E-state index in [1.165, 1.54) is 23.1 Å². The molecule has 1 aromatic heterocycles. The van der Waals surface area contributed by atoms with Crippen molar-refractivity contribution in [2.24, 2.45) is 0 Å². The second-order valence-electron chi connectivity index (χ2n) is 4.43. The zero-order chi connectivity index (χ0) is 15.4.